The number of hydrogen-bond acceptors (Lipinski definition) is 5. The first-order valence-electron chi connectivity index (χ1n) is 10.7. The molecule has 1 amide bonds. The molecule has 0 saturated heterocycles. The molecule has 0 radical (unpaired) electrons. The summed E-state index contributed by atoms with van der Waals surface area (Å²) in [7, 11) is 1.97. The van der Waals surface area contributed by atoms with Gasteiger partial charge in [-0.05, 0) is 55.0 Å². The molecule has 3 aromatic rings. The molecule has 0 unspecified atom stereocenters. The Bertz CT molecular complexity index is 1240. The highest BCUT2D eigenvalue weighted by Gasteiger charge is 2.16. The number of amides is 1. The number of ether oxygens (including phenoxy) is 1. The minimum atomic E-state index is -0.687. The molecule has 2 heterocycles. The number of benzene rings is 2. The number of hydrogen-bond donors (Lipinski definition) is 2. The maximum absolute atomic E-state index is 13.4. The Morgan fingerprint density at radius 2 is 1.85 bits per heavy atom. The molecule has 0 aliphatic carbocycles. The van der Waals surface area contributed by atoms with E-state index in [1.165, 1.54) is 12.1 Å². The number of anilines is 1. The van der Waals surface area contributed by atoms with Crippen molar-refractivity contribution >= 4 is 11.6 Å². The molecule has 8 heteroatoms. The van der Waals surface area contributed by atoms with Gasteiger partial charge < -0.3 is 20.3 Å². The van der Waals surface area contributed by atoms with Gasteiger partial charge in [-0.3, -0.25) is 9.78 Å². The number of halogens is 2. The fraction of sp³-hybridized carbons (Fsp3) is 0.154. The smallest absolute Gasteiger partial charge is 0.251 e. The molecule has 174 valence electrons. The predicted molar refractivity (Wildman–Crippen MR) is 126 cm³/mol. The van der Waals surface area contributed by atoms with Gasteiger partial charge in [0.1, 0.15) is 29.0 Å². The lowest BCUT2D eigenvalue weighted by Gasteiger charge is -2.27. The Kier molecular flexibility index (Phi) is 6.87. The van der Waals surface area contributed by atoms with Crippen molar-refractivity contribution in [2.45, 2.75) is 13.5 Å². The standard InChI is InChI=1S/C26H24F2N4O2/c1-17-23(26(33)30-16-18-12-19(27)14-20(28)13-18)4-3-5-24(17)34-22-8-11-32(2)25(15-22)31-21-6-9-29-10-7-21/h3-10,12-15H,11,16H2,1-2H3,(H,29,31)(H,30,33). The van der Waals surface area contributed by atoms with E-state index in [-0.39, 0.29) is 12.5 Å². The molecule has 1 aliphatic rings. The zero-order chi connectivity index (χ0) is 24.1. The second kappa shape index (κ2) is 10.2. The Morgan fingerprint density at radius 1 is 1.12 bits per heavy atom. The van der Waals surface area contributed by atoms with Crippen LogP contribution in [-0.2, 0) is 6.54 Å². The average molecular weight is 463 g/mol. The third kappa shape index (κ3) is 5.58. The molecule has 1 aromatic heterocycles. The molecule has 0 atom stereocenters. The molecule has 0 spiro atoms. The van der Waals surface area contributed by atoms with Crippen molar-refractivity contribution in [1.82, 2.24) is 15.2 Å². The van der Waals surface area contributed by atoms with Gasteiger partial charge in [-0.1, -0.05) is 6.07 Å². The van der Waals surface area contributed by atoms with Crippen LogP contribution in [0, 0.1) is 18.6 Å². The summed E-state index contributed by atoms with van der Waals surface area (Å²) in [5.41, 5.74) is 2.32. The van der Waals surface area contributed by atoms with Crippen LogP contribution in [-0.4, -0.2) is 29.4 Å². The largest absolute Gasteiger partial charge is 0.457 e. The number of carbonyl (C=O) groups excluding carboxylic acids is 1. The SMILES string of the molecule is Cc1c(OC2=CCN(C)C(Nc3ccncc3)=C2)cccc1C(=O)NCc1cc(F)cc(F)c1. The summed E-state index contributed by atoms with van der Waals surface area (Å²) in [4.78, 5) is 18.8. The number of allylic oxidation sites excluding steroid dienone is 1. The maximum Gasteiger partial charge on any atom is 0.251 e. The molecule has 0 bridgehead atoms. The quantitative estimate of drug-likeness (QED) is 0.530. The molecule has 1 aliphatic heterocycles. The number of likely N-dealkylation sites (N-methyl/N-ethyl adjacent to an activating group) is 1. The van der Waals surface area contributed by atoms with Crippen molar-refractivity contribution in [2.24, 2.45) is 0 Å². The molecule has 0 saturated carbocycles. The van der Waals surface area contributed by atoms with Crippen LogP contribution in [0.3, 0.4) is 0 Å². The van der Waals surface area contributed by atoms with Crippen LogP contribution in [0.2, 0.25) is 0 Å². The first-order chi connectivity index (χ1) is 16.4. The van der Waals surface area contributed by atoms with Gasteiger partial charge in [-0.25, -0.2) is 8.78 Å². The number of carbonyl (C=O) groups is 1. The van der Waals surface area contributed by atoms with Crippen LogP contribution >= 0.6 is 0 Å². The Balaban J connectivity index is 1.46. The van der Waals surface area contributed by atoms with Gasteiger partial charge in [-0.15, -0.1) is 0 Å². The summed E-state index contributed by atoms with van der Waals surface area (Å²) >= 11 is 0. The normalized spacial score (nSPS) is 13.1. The van der Waals surface area contributed by atoms with Crippen LogP contribution in [0.4, 0.5) is 14.5 Å². The summed E-state index contributed by atoms with van der Waals surface area (Å²) in [5, 5.41) is 6.04. The van der Waals surface area contributed by atoms with E-state index in [1.54, 1.807) is 37.5 Å². The molecule has 34 heavy (non-hydrogen) atoms. The summed E-state index contributed by atoms with van der Waals surface area (Å²) in [6.07, 6.45) is 7.25. The molecule has 4 rings (SSSR count). The van der Waals surface area contributed by atoms with E-state index < -0.39 is 11.6 Å². The van der Waals surface area contributed by atoms with Crippen molar-refractivity contribution in [3.05, 3.63) is 113 Å². The van der Waals surface area contributed by atoms with E-state index in [0.29, 0.717) is 34.7 Å². The number of aromatic nitrogens is 1. The monoisotopic (exact) mass is 462 g/mol. The fourth-order valence-corrected chi connectivity index (χ4v) is 3.50. The van der Waals surface area contributed by atoms with E-state index in [1.807, 2.05) is 36.2 Å². The zero-order valence-electron chi connectivity index (χ0n) is 18.8. The van der Waals surface area contributed by atoms with Crippen LogP contribution in [0.15, 0.2) is 84.7 Å². The van der Waals surface area contributed by atoms with Crippen LogP contribution in [0.5, 0.6) is 5.75 Å². The number of pyridine rings is 1. The zero-order valence-corrected chi connectivity index (χ0v) is 18.8. The van der Waals surface area contributed by atoms with Crippen molar-refractivity contribution in [2.75, 3.05) is 18.9 Å². The minimum Gasteiger partial charge on any atom is -0.457 e. The highest BCUT2D eigenvalue weighted by molar-refractivity contribution is 5.96. The lowest BCUT2D eigenvalue weighted by molar-refractivity contribution is 0.0949. The Hall–Kier alpha value is -4.20. The van der Waals surface area contributed by atoms with Crippen LogP contribution < -0.4 is 15.4 Å². The number of nitrogens with zero attached hydrogens (tertiary/aromatic N) is 2. The van der Waals surface area contributed by atoms with Crippen LogP contribution in [0.25, 0.3) is 0 Å². The van der Waals surface area contributed by atoms with Gasteiger partial charge in [0.05, 0.1) is 0 Å². The van der Waals surface area contributed by atoms with Gasteiger partial charge in [0.25, 0.3) is 5.91 Å². The molecule has 0 fully saturated rings. The third-order valence-electron chi connectivity index (χ3n) is 5.34. The van der Waals surface area contributed by atoms with E-state index in [4.69, 9.17) is 4.74 Å². The topological polar surface area (TPSA) is 66.5 Å². The van der Waals surface area contributed by atoms with Crippen molar-refractivity contribution in [1.29, 1.82) is 0 Å². The van der Waals surface area contributed by atoms with Crippen molar-refractivity contribution in [3.63, 3.8) is 0 Å². The minimum absolute atomic E-state index is 0.00228. The number of nitrogens with one attached hydrogen (secondary N) is 2. The van der Waals surface area contributed by atoms with Gasteiger partial charge >= 0.3 is 0 Å². The van der Waals surface area contributed by atoms with Gasteiger partial charge in [-0.2, -0.15) is 0 Å². The van der Waals surface area contributed by atoms with E-state index in [0.717, 1.165) is 17.6 Å². The van der Waals surface area contributed by atoms with Crippen molar-refractivity contribution in [3.8, 4) is 5.75 Å². The molecular formula is C26H24F2N4O2. The third-order valence-corrected chi connectivity index (χ3v) is 5.34. The van der Waals surface area contributed by atoms with E-state index >= 15 is 0 Å². The number of rotatable bonds is 7. The highest BCUT2D eigenvalue weighted by atomic mass is 19.1. The second-order valence-electron chi connectivity index (χ2n) is 7.87. The van der Waals surface area contributed by atoms with E-state index in [2.05, 4.69) is 15.6 Å². The predicted octanol–water partition coefficient (Wildman–Crippen LogP) is 4.76. The highest BCUT2D eigenvalue weighted by Crippen LogP contribution is 2.26. The first kappa shape index (κ1) is 23.0. The second-order valence-corrected chi connectivity index (χ2v) is 7.87. The lowest BCUT2D eigenvalue weighted by atomic mass is 10.1. The molecule has 2 aromatic carbocycles. The summed E-state index contributed by atoms with van der Waals surface area (Å²) in [6.45, 7) is 2.44. The first-order valence-corrected chi connectivity index (χ1v) is 10.7. The summed E-state index contributed by atoms with van der Waals surface area (Å²) in [6, 6.07) is 12.1. The van der Waals surface area contributed by atoms with E-state index in [9.17, 15) is 13.6 Å². The van der Waals surface area contributed by atoms with Gasteiger partial charge in [0, 0.05) is 61.5 Å². The van der Waals surface area contributed by atoms with Gasteiger partial charge in [0.15, 0.2) is 0 Å². The average Bonchev–Trinajstić information content (AvgIpc) is 2.81. The molecular weight excluding hydrogens is 438 g/mol. The molecule has 6 nitrogen and oxygen atoms in total. The lowest BCUT2D eigenvalue weighted by Crippen LogP contribution is -2.27. The van der Waals surface area contributed by atoms with Gasteiger partial charge in [0.2, 0.25) is 0 Å². The fourth-order valence-electron chi connectivity index (χ4n) is 3.50. The molecule has 2 N–H and O–H groups in total. The summed E-state index contributed by atoms with van der Waals surface area (Å²) < 4.78 is 32.9. The maximum atomic E-state index is 13.4. The Labute approximate surface area is 196 Å². The Morgan fingerprint density at radius 3 is 2.59 bits per heavy atom. The van der Waals surface area contributed by atoms with Crippen LogP contribution in [0.1, 0.15) is 21.5 Å². The summed E-state index contributed by atoms with van der Waals surface area (Å²) in [5.74, 6) is 0.310. The van der Waals surface area contributed by atoms with Crippen molar-refractivity contribution < 1.29 is 18.3 Å².